The first-order valence-corrected chi connectivity index (χ1v) is 11.9. The minimum atomic E-state index is -1.50. The summed E-state index contributed by atoms with van der Waals surface area (Å²) in [7, 11) is 2.29. The fourth-order valence-corrected chi connectivity index (χ4v) is 4.82. The standard InChI is InChI=1S/C24H29FN5O2P/c1-24(25,33)17-12-18(28-21(31)7-8-22(32)29-10-3-11-29)15-30(14-17)20-6-5-16(13-26)23-19(20)4-2-9-27-23/h2,4-6,9,17-18H,3,7-8,10-12,14-15,33H2,1H3,(H,28,31). The van der Waals surface area contributed by atoms with E-state index in [0.29, 0.717) is 30.6 Å². The van der Waals surface area contributed by atoms with E-state index in [1.807, 2.05) is 18.2 Å². The molecule has 2 amide bonds. The maximum atomic E-state index is 15.0. The zero-order valence-corrected chi connectivity index (χ0v) is 19.9. The van der Waals surface area contributed by atoms with Crippen LogP contribution in [0.15, 0.2) is 30.5 Å². The molecule has 0 radical (unpaired) electrons. The van der Waals surface area contributed by atoms with Crippen LogP contribution in [0.1, 0.15) is 38.2 Å². The molecule has 0 saturated carbocycles. The summed E-state index contributed by atoms with van der Waals surface area (Å²) in [5.74, 6) is -0.505. The Kier molecular flexibility index (Phi) is 6.81. The van der Waals surface area contributed by atoms with Crippen LogP contribution in [0, 0.1) is 17.2 Å². The Hall–Kier alpha value is -2.78. The van der Waals surface area contributed by atoms with Crippen LogP contribution < -0.4 is 10.2 Å². The highest BCUT2D eigenvalue weighted by molar-refractivity contribution is 7.18. The lowest BCUT2D eigenvalue weighted by atomic mass is 9.89. The molecule has 174 valence electrons. The van der Waals surface area contributed by atoms with Gasteiger partial charge in [0.2, 0.25) is 11.8 Å². The fourth-order valence-electron chi connectivity index (χ4n) is 4.58. The molecule has 33 heavy (non-hydrogen) atoms. The first-order valence-electron chi connectivity index (χ1n) is 11.3. The molecule has 0 spiro atoms. The van der Waals surface area contributed by atoms with Crippen molar-refractivity contribution in [3.63, 3.8) is 0 Å². The molecule has 3 heterocycles. The lowest BCUT2D eigenvalue weighted by molar-refractivity contribution is -0.136. The Bertz CT molecular complexity index is 1090. The van der Waals surface area contributed by atoms with Gasteiger partial charge < -0.3 is 15.1 Å². The molecule has 1 aromatic heterocycles. The van der Waals surface area contributed by atoms with Crippen LogP contribution in [-0.2, 0) is 9.59 Å². The highest BCUT2D eigenvalue weighted by atomic mass is 31.0. The molecule has 1 aromatic carbocycles. The van der Waals surface area contributed by atoms with E-state index < -0.39 is 5.41 Å². The van der Waals surface area contributed by atoms with Gasteiger partial charge in [0.1, 0.15) is 11.5 Å². The molecule has 1 N–H and O–H groups in total. The average molecular weight is 470 g/mol. The average Bonchev–Trinajstić information content (AvgIpc) is 2.75. The van der Waals surface area contributed by atoms with Gasteiger partial charge in [0.25, 0.3) is 0 Å². The number of rotatable bonds is 6. The topological polar surface area (TPSA) is 89.3 Å². The number of nitrogens with zero attached hydrogens (tertiary/aromatic N) is 4. The van der Waals surface area contributed by atoms with Crippen LogP contribution in [0.5, 0.6) is 0 Å². The summed E-state index contributed by atoms with van der Waals surface area (Å²) < 4.78 is 15.0. The van der Waals surface area contributed by atoms with Gasteiger partial charge in [-0.3, -0.25) is 14.6 Å². The molecule has 2 fully saturated rings. The Labute approximate surface area is 195 Å². The van der Waals surface area contributed by atoms with Gasteiger partial charge in [0.05, 0.1) is 11.1 Å². The van der Waals surface area contributed by atoms with E-state index >= 15 is 4.39 Å². The summed E-state index contributed by atoms with van der Waals surface area (Å²) in [6, 6.07) is 9.25. The predicted molar refractivity (Wildman–Crippen MR) is 128 cm³/mol. The van der Waals surface area contributed by atoms with Gasteiger partial charge >= 0.3 is 0 Å². The zero-order valence-electron chi connectivity index (χ0n) is 18.8. The summed E-state index contributed by atoms with van der Waals surface area (Å²) in [4.78, 5) is 32.9. The highest BCUT2D eigenvalue weighted by Crippen LogP contribution is 2.38. The Morgan fingerprint density at radius 1 is 1.30 bits per heavy atom. The molecule has 4 unspecified atom stereocenters. The number of aromatic nitrogens is 1. The van der Waals surface area contributed by atoms with E-state index in [1.165, 1.54) is 6.92 Å². The number of hydrogen-bond acceptors (Lipinski definition) is 5. The first-order chi connectivity index (χ1) is 15.8. The van der Waals surface area contributed by atoms with E-state index in [0.717, 1.165) is 30.6 Å². The van der Waals surface area contributed by atoms with Gasteiger partial charge in [0, 0.05) is 68.3 Å². The van der Waals surface area contributed by atoms with E-state index in [-0.39, 0.29) is 36.6 Å². The third-order valence-electron chi connectivity index (χ3n) is 6.60. The minimum Gasteiger partial charge on any atom is -0.369 e. The largest absolute Gasteiger partial charge is 0.369 e. The van der Waals surface area contributed by atoms with Crippen molar-refractivity contribution < 1.29 is 14.0 Å². The van der Waals surface area contributed by atoms with Crippen molar-refractivity contribution in [1.82, 2.24) is 15.2 Å². The van der Waals surface area contributed by atoms with Crippen molar-refractivity contribution in [2.75, 3.05) is 31.1 Å². The number of benzene rings is 1. The second-order valence-corrected chi connectivity index (χ2v) is 10.3. The first kappa shape index (κ1) is 23.4. The summed E-state index contributed by atoms with van der Waals surface area (Å²) in [6.45, 7) is 4.08. The number of nitriles is 1. The van der Waals surface area contributed by atoms with Crippen LogP contribution in [-0.4, -0.2) is 59.3 Å². The highest BCUT2D eigenvalue weighted by Gasteiger charge is 2.38. The van der Waals surface area contributed by atoms with Gasteiger partial charge in [-0.25, -0.2) is 4.39 Å². The molecule has 4 rings (SSSR count). The Morgan fingerprint density at radius 2 is 2.09 bits per heavy atom. The van der Waals surface area contributed by atoms with Crippen molar-refractivity contribution in [1.29, 1.82) is 5.26 Å². The molecule has 0 aliphatic carbocycles. The summed E-state index contributed by atoms with van der Waals surface area (Å²) in [6.07, 6.45) is 3.51. The Balaban J connectivity index is 1.52. The number of carbonyl (C=O) groups excluding carboxylic acids is 2. The molecular weight excluding hydrogens is 440 g/mol. The number of amides is 2. The fraction of sp³-hybridized carbons (Fsp3) is 0.500. The monoisotopic (exact) mass is 469 g/mol. The predicted octanol–water partition coefficient (Wildman–Crippen LogP) is 2.99. The minimum absolute atomic E-state index is 0.0115. The number of nitrogens with one attached hydrogen (secondary N) is 1. The smallest absolute Gasteiger partial charge is 0.223 e. The number of carbonyl (C=O) groups is 2. The maximum absolute atomic E-state index is 15.0. The number of hydrogen-bond donors (Lipinski definition) is 1. The van der Waals surface area contributed by atoms with Gasteiger partial charge in [-0.1, -0.05) is 9.24 Å². The molecule has 4 atom stereocenters. The normalized spacial score (nSPS) is 22.2. The van der Waals surface area contributed by atoms with E-state index in [1.54, 1.807) is 17.2 Å². The number of piperidine rings is 1. The Morgan fingerprint density at radius 3 is 2.76 bits per heavy atom. The zero-order chi connectivity index (χ0) is 23.6. The third-order valence-corrected chi connectivity index (χ3v) is 7.07. The lowest BCUT2D eigenvalue weighted by Crippen LogP contribution is -2.54. The van der Waals surface area contributed by atoms with E-state index in [2.05, 4.69) is 30.5 Å². The summed E-state index contributed by atoms with van der Waals surface area (Å²) in [5, 5.41) is 11.8. The van der Waals surface area contributed by atoms with Gasteiger partial charge in [-0.15, -0.1) is 0 Å². The quantitative estimate of drug-likeness (QED) is 0.657. The number of alkyl halides is 1. The number of fused-ring (bicyclic) bond motifs is 1. The van der Waals surface area contributed by atoms with Crippen LogP contribution in [0.3, 0.4) is 0 Å². The van der Waals surface area contributed by atoms with Gasteiger partial charge in [0.15, 0.2) is 0 Å². The SMILES string of the molecule is CC(F)(P)C1CC(NC(=O)CCC(=O)N2CCC2)CN(c2ccc(C#N)c3ncccc23)C1. The molecular formula is C24H29FN5O2P. The molecule has 2 aliphatic rings. The molecule has 2 aliphatic heterocycles. The van der Waals surface area contributed by atoms with Crippen LogP contribution in [0.4, 0.5) is 10.1 Å². The van der Waals surface area contributed by atoms with Crippen molar-refractivity contribution in [3.8, 4) is 6.07 Å². The lowest BCUT2D eigenvalue weighted by Gasteiger charge is -2.43. The molecule has 2 aromatic rings. The maximum Gasteiger partial charge on any atom is 0.223 e. The summed E-state index contributed by atoms with van der Waals surface area (Å²) in [5.41, 5.74) is 1.96. The van der Waals surface area contributed by atoms with Crippen molar-refractivity contribution in [2.24, 2.45) is 5.92 Å². The number of pyridine rings is 1. The molecule has 0 bridgehead atoms. The molecule has 7 nitrogen and oxygen atoms in total. The summed E-state index contributed by atoms with van der Waals surface area (Å²) >= 11 is 0. The molecule has 2 saturated heterocycles. The van der Waals surface area contributed by atoms with Crippen molar-refractivity contribution in [2.45, 2.75) is 44.1 Å². The second kappa shape index (κ2) is 9.61. The van der Waals surface area contributed by atoms with E-state index in [9.17, 15) is 14.9 Å². The third kappa shape index (κ3) is 5.25. The number of likely N-dealkylation sites (tertiary alicyclic amines) is 1. The molecule has 9 heteroatoms. The second-order valence-electron chi connectivity index (χ2n) is 9.13. The van der Waals surface area contributed by atoms with Gasteiger partial charge in [-0.2, -0.15) is 5.26 Å². The van der Waals surface area contributed by atoms with Crippen LogP contribution >= 0.6 is 9.24 Å². The number of anilines is 1. The van der Waals surface area contributed by atoms with Crippen molar-refractivity contribution in [3.05, 3.63) is 36.0 Å². The van der Waals surface area contributed by atoms with E-state index in [4.69, 9.17) is 0 Å². The van der Waals surface area contributed by atoms with Crippen LogP contribution in [0.2, 0.25) is 0 Å². The van der Waals surface area contributed by atoms with Crippen molar-refractivity contribution >= 4 is 37.6 Å². The van der Waals surface area contributed by atoms with Crippen LogP contribution in [0.25, 0.3) is 10.9 Å². The van der Waals surface area contributed by atoms with Gasteiger partial charge in [-0.05, 0) is 44.0 Å². The number of halogens is 1.